The summed E-state index contributed by atoms with van der Waals surface area (Å²) in [6.07, 6.45) is -8.57. The number of nitrogens with zero attached hydrogens (tertiary/aromatic N) is 2. The number of benzene rings is 2. The number of carbonyl (C=O) groups is 1. The standard InChI is InChI=1S/C27H25F6N3O2/c1-16-5-3-4-6-21(16)22-14-24(36-7-9-38-10-8-36)34-15-23(22)35-25(37)17(2)18-11-19(26(28,29)30)13-20(12-18)27(31,32)33/h3-6,11-15,17H,7-10H2,1-2H3,(H,35,37). The fraction of sp³-hybridized carbons (Fsp3) is 0.333. The Labute approximate surface area is 215 Å². The van der Waals surface area contributed by atoms with Gasteiger partial charge in [-0.25, -0.2) is 4.98 Å². The van der Waals surface area contributed by atoms with Gasteiger partial charge >= 0.3 is 12.4 Å². The van der Waals surface area contributed by atoms with Crippen LogP contribution in [0, 0.1) is 6.92 Å². The molecule has 1 aromatic heterocycles. The predicted octanol–water partition coefficient (Wildman–Crippen LogP) is 6.67. The van der Waals surface area contributed by atoms with E-state index in [0.717, 1.165) is 11.1 Å². The van der Waals surface area contributed by atoms with Crippen LogP contribution in [0.25, 0.3) is 11.1 Å². The van der Waals surface area contributed by atoms with E-state index in [4.69, 9.17) is 4.74 Å². The summed E-state index contributed by atoms with van der Waals surface area (Å²) < 4.78 is 85.4. The van der Waals surface area contributed by atoms with Crippen LogP contribution in [-0.4, -0.2) is 37.2 Å². The zero-order chi connectivity index (χ0) is 27.7. The van der Waals surface area contributed by atoms with Crippen LogP contribution in [0.3, 0.4) is 0 Å². The molecule has 1 aliphatic heterocycles. The van der Waals surface area contributed by atoms with Gasteiger partial charge < -0.3 is 15.0 Å². The number of aromatic nitrogens is 1. The van der Waals surface area contributed by atoms with Crippen LogP contribution < -0.4 is 10.2 Å². The minimum absolute atomic E-state index is 0.0404. The summed E-state index contributed by atoms with van der Waals surface area (Å²) in [6, 6.07) is 10.4. The van der Waals surface area contributed by atoms with Gasteiger partial charge in [-0.05, 0) is 54.8 Å². The molecule has 202 valence electrons. The maximum atomic E-state index is 13.3. The third-order valence-corrected chi connectivity index (χ3v) is 6.42. The van der Waals surface area contributed by atoms with Crippen molar-refractivity contribution in [2.45, 2.75) is 32.1 Å². The number of nitrogens with one attached hydrogen (secondary N) is 1. The van der Waals surface area contributed by atoms with Gasteiger partial charge in [0.05, 0.1) is 42.1 Å². The number of aryl methyl sites for hydroxylation is 1. The summed E-state index contributed by atoms with van der Waals surface area (Å²) in [5, 5.41) is 2.67. The number of carbonyl (C=O) groups excluding carboxylic acids is 1. The smallest absolute Gasteiger partial charge is 0.378 e. The zero-order valence-corrected chi connectivity index (χ0v) is 20.6. The van der Waals surface area contributed by atoms with Gasteiger partial charge in [-0.15, -0.1) is 0 Å². The first-order chi connectivity index (χ1) is 17.8. The van der Waals surface area contributed by atoms with Crippen LogP contribution in [0.15, 0.2) is 54.7 Å². The van der Waals surface area contributed by atoms with Crippen molar-refractivity contribution in [3.8, 4) is 11.1 Å². The summed E-state index contributed by atoms with van der Waals surface area (Å²) in [7, 11) is 0. The number of amides is 1. The Morgan fingerprint density at radius 1 is 0.947 bits per heavy atom. The van der Waals surface area contributed by atoms with Crippen molar-refractivity contribution in [2.75, 3.05) is 36.5 Å². The SMILES string of the molecule is Cc1ccccc1-c1cc(N2CCOCC2)ncc1NC(=O)C(C)c1cc(C(F)(F)F)cc(C(F)(F)F)c1. The van der Waals surface area contributed by atoms with Crippen molar-refractivity contribution in [1.82, 2.24) is 4.98 Å². The first kappa shape index (κ1) is 27.4. The average Bonchev–Trinajstić information content (AvgIpc) is 2.88. The molecule has 0 saturated carbocycles. The second-order valence-electron chi connectivity index (χ2n) is 9.05. The molecule has 4 rings (SSSR count). The Hall–Kier alpha value is -3.60. The molecule has 38 heavy (non-hydrogen) atoms. The Balaban J connectivity index is 1.70. The van der Waals surface area contributed by atoms with Crippen LogP contribution in [0.1, 0.15) is 35.1 Å². The number of morpholine rings is 1. The van der Waals surface area contributed by atoms with Crippen LogP contribution >= 0.6 is 0 Å². The monoisotopic (exact) mass is 537 g/mol. The van der Waals surface area contributed by atoms with Crippen molar-refractivity contribution >= 4 is 17.4 Å². The van der Waals surface area contributed by atoms with Gasteiger partial charge in [-0.3, -0.25) is 4.79 Å². The Morgan fingerprint density at radius 2 is 1.55 bits per heavy atom. The highest BCUT2D eigenvalue weighted by molar-refractivity contribution is 5.99. The van der Waals surface area contributed by atoms with Crippen molar-refractivity contribution in [3.05, 3.63) is 77.0 Å². The highest BCUT2D eigenvalue weighted by Gasteiger charge is 2.37. The van der Waals surface area contributed by atoms with Gasteiger partial charge in [0.25, 0.3) is 0 Å². The molecule has 11 heteroatoms. The minimum Gasteiger partial charge on any atom is -0.378 e. The van der Waals surface area contributed by atoms with Crippen LogP contribution in [0.5, 0.6) is 0 Å². The molecule has 1 fully saturated rings. The normalized spacial score (nSPS) is 15.3. The second-order valence-corrected chi connectivity index (χ2v) is 9.05. The van der Waals surface area contributed by atoms with E-state index in [0.29, 0.717) is 49.8 Å². The Bertz CT molecular complexity index is 1280. The van der Waals surface area contributed by atoms with E-state index in [2.05, 4.69) is 10.3 Å². The molecule has 1 atom stereocenters. The summed E-state index contributed by atoms with van der Waals surface area (Å²) in [4.78, 5) is 19.6. The number of alkyl halides is 6. The zero-order valence-electron chi connectivity index (χ0n) is 20.6. The van der Waals surface area contributed by atoms with E-state index < -0.39 is 40.9 Å². The van der Waals surface area contributed by atoms with Crippen LogP contribution in [-0.2, 0) is 21.9 Å². The van der Waals surface area contributed by atoms with Gasteiger partial charge in [0.2, 0.25) is 5.91 Å². The van der Waals surface area contributed by atoms with Gasteiger partial charge in [0, 0.05) is 18.7 Å². The second kappa shape index (κ2) is 10.6. The van der Waals surface area contributed by atoms with E-state index >= 15 is 0 Å². The molecule has 0 bridgehead atoms. The molecule has 3 aromatic rings. The number of pyridine rings is 1. The van der Waals surface area contributed by atoms with E-state index in [1.54, 1.807) is 6.07 Å². The molecule has 1 unspecified atom stereocenters. The summed E-state index contributed by atoms with van der Waals surface area (Å²) in [5.41, 5.74) is -0.733. The van der Waals surface area contributed by atoms with Crippen molar-refractivity contribution in [1.29, 1.82) is 0 Å². The first-order valence-corrected chi connectivity index (χ1v) is 11.8. The molecule has 1 saturated heterocycles. The van der Waals surface area contributed by atoms with E-state index in [1.807, 2.05) is 36.1 Å². The average molecular weight is 538 g/mol. The molecule has 1 amide bonds. The Morgan fingerprint density at radius 3 is 2.13 bits per heavy atom. The molecular weight excluding hydrogens is 512 g/mol. The number of ether oxygens (including phenoxy) is 1. The lowest BCUT2D eigenvalue weighted by molar-refractivity contribution is -0.143. The number of anilines is 2. The summed E-state index contributed by atoms with van der Waals surface area (Å²) in [5.74, 6) is -1.43. The lowest BCUT2D eigenvalue weighted by Gasteiger charge is -2.28. The quantitative estimate of drug-likeness (QED) is 0.369. The molecule has 2 aromatic carbocycles. The maximum absolute atomic E-state index is 13.3. The molecule has 5 nitrogen and oxygen atoms in total. The van der Waals surface area contributed by atoms with E-state index in [1.165, 1.54) is 13.1 Å². The van der Waals surface area contributed by atoms with Crippen molar-refractivity contribution in [2.24, 2.45) is 0 Å². The number of rotatable bonds is 5. The Kier molecular flexibility index (Phi) is 7.68. The minimum atomic E-state index is -5.01. The van der Waals surface area contributed by atoms with Crippen LogP contribution in [0.4, 0.5) is 37.8 Å². The maximum Gasteiger partial charge on any atom is 0.416 e. The van der Waals surface area contributed by atoms with E-state index in [-0.39, 0.29) is 11.8 Å². The third-order valence-electron chi connectivity index (χ3n) is 6.42. The molecule has 0 aliphatic carbocycles. The molecule has 0 radical (unpaired) electrons. The number of halogens is 6. The van der Waals surface area contributed by atoms with Gasteiger partial charge in [-0.1, -0.05) is 24.3 Å². The lowest BCUT2D eigenvalue weighted by Crippen LogP contribution is -2.36. The molecule has 1 N–H and O–H groups in total. The van der Waals surface area contributed by atoms with Crippen molar-refractivity contribution < 1.29 is 35.9 Å². The number of hydrogen-bond acceptors (Lipinski definition) is 4. The van der Waals surface area contributed by atoms with Crippen molar-refractivity contribution in [3.63, 3.8) is 0 Å². The largest absolute Gasteiger partial charge is 0.416 e. The lowest BCUT2D eigenvalue weighted by atomic mass is 9.94. The van der Waals surface area contributed by atoms with Gasteiger partial charge in [0.1, 0.15) is 5.82 Å². The predicted molar refractivity (Wildman–Crippen MR) is 131 cm³/mol. The van der Waals surface area contributed by atoms with E-state index in [9.17, 15) is 31.1 Å². The highest BCUT2D eigenvalue weighted by Crippen LogP contribution is 2.38. The molecule has 0 spiro atoms. The molecular formula is C27H25F6N3O2. The molecule has 1 aliphatic rings. The topological polar surface area (TPSA) is 54.5 Å². The van der Waals surface area contributed by atoms with Gasteiger partial charge in [0.15, 0.2) is 0 Å². The van der Waals surface area contributed by atoms with Crippen LogP contribution in [0.2, 0.25) is 0 Å². The first-order valence-electron chi connectivity index (χ1n) is 11.8. The summed E-state index contributed by atoms with van der Waals surface area (Å²) in [6.45, 7) is 5.47. The van der Waals surface area contributed by atoms with Gasteiger partial charge in [-0.2, -0.15) is 26.3 Å². The summed E-state index contributed by atoms with van der Waals surface area (Å²) >= 11 is 0. The highest BCUT2D eigenvalue weighted by atomic mass is 19.4. The number of hydrogen-bond donors (Lipinski definition) is 1. The third kappa shape index (κ3) is 6.09. The fourth-order valence-electron chi connectivity index (χ4n) is 4.23. The fourth-order valence-corrected chi connectivity index (χ4v) is 4.23. The molecule has 2 heterocycles.